The lowest BCUT2D eigenvalue weighted by Gasteiger charge is -2.30. The van der Waals surface area contributed by atoms with E-state index in [-0.39, 0.29) is 12.4 Å². The number of hydrogen-bond acceptors (Lipinski definition) is 6. The van der Waals surface area contributed by atoms with E-state index in [0.29, 0.717) is 6.61 Å². The third-order valence-corrected chi connectivity index (χ3v) is 6.13. The molecule has 2 aromatic rings. The van der Waals surface area contributed by atoms with E-state index in [4.69, 9.17) is 14.2 Å². The van der Waals surface area contributed by atoms with Crippen molar-refractivity contribution in [3.8, 4) is 5.75 Å². The molecule has 2 atom stereocenters. The molecule has 1 aromatic heterocycles. The molecule has 0 aliphatic carbocycles. The molecule has 2 heterocycles. The number of thioether (sulfide) groups is 2. The topological polar surface area (TPSA) is 27.7 Å². The highest BCUT2D eigenvalue weighted by molar-refractivity contribution is 7.99. The highest BCUT2D eigenvalue weighted by atomic mass is 32.2. The van der Waals surface area contributed by atoms with E-state index in [1.54, 1.807) is 34.9 Å². The van der Waals surface area contributed by atoms with Crippen LogP contribution in [0.25, 0.3) is 0 Å². The number of rotatable bonds is 9. The minimum Gasteiger partial charge on any atom is -0.491 e. The minimum absolute atomic E-state index is 0.0189. The first-order valence-corrected chi connectivity index (χ1v) is 10.7. The molecule has 1 fully saturated rings. The third-order valence-electron chi connectivity index (χ3n) is 3.43. The maximum absolute atomic E-state index is 5.98. The van der Waals surface area contributed by atoms with Gasteiger partial charge in [0.1, 0.15) is 18.5 Å². The Morgan fingerprint density at radius 3 is 2.70 bits per heavy atom. The van der Waals surface area contributed by atoms with Crippen LogP contribution in [0.4, 0.5) is 0 Å². The van der Waals surface area contributed by atoms with Crippen LogP contribution >= 0.6 is 34.9 Å². The molecule has 0 N–H and O–H groups in total. The van der Waals surface area contributed by atoms with Crippen molar-refractivity contribution >= 4 is 34.9 Å². The van der Waals surface area contributed by atoms with Gasteiger partial charge in [-0.1, -0.05) is 0 Å². The normalized spacial score (nSPS) is 18.4. The van der Waals surface area contributed by atoms with Gasteiger partial charge in [-0.25, -0.2) is 0 Å². The van der Waals surface area contributed by atoms with Crippen LogP contribution in [0.15, 0.2) is 50.9 Å². The number of ether oxygens (including phenoxy) is 3. The van der Waals surface area contributed by atoms with E-state index in [9.17, 15) is 0 Å². The monoisotopic (exact) mass is 368 g/mol. The molecule has 0 bridgehead atoms. The van der Waals surface area contributed by atoms with Gasteiger partial charge in [0.2, 0.25) is 0 Å². The standard InChI is InChI=1S/C17H20O3S3/c1-21-15-4-2-13(3-5-15)19-10-14(20-17-6-8-18-17)11-23-16-7-9-22-12-16/h2-5,7,9,12,14,17H,6,8,10-11H2,1H3. The molecule has 1 aliphatic rings. The lowest BCUT2D eigenvalue weighted by atomic mass is 10.3. The van der Waals surface area contributed by atoms with Crippen molar-refractivity contribution < 1.29 is 14.2 Å². The number of thiophene rings is 1. The van der Waals surface area contributed by atoms with E-state index < -0.39 is 0 Å². The molecule has 0 amide bonds. The fraction of sp³-hybridized carbons (Fsp3) is 0.412. The fourth-order valence-electron chi connectivity index (χ4n) is 2.05. The van der Waals surface area contributed by atoms with Crippen LogP contribution in [-0.4, -0.2) is 37.6 Å². The number of hydrogen-bond donors (Lipinski definition) is 0. The first-order valence-electron chi connectivity index (χ1n) is 7.52. The molecule has 1 aliphatic heterocycles. The third kappa shape index (κ3) is 5.43. The molecular weight excluding hydrogens is 348 g/mol. The van der Waals surface area contributed by atoms with Gasteiger partial charge in [-0.3, -0.25) is 0 Å². The Kier molecular flexibility index (Phi) is 6.71. The molecule has 1 aromatic carbocycles. The second-order valence-electron chi connectivity index (χ2n) is 5.10. The van der Waals surface area contributed by atoms with Gasteiger partial charge in [0, 0.05) is 27.3 Å². The van der Waals surface area contributed by atoms with Crippen molar-refractivity contribution in [3.63, 3.8) is 0 Å². The van der Waals surface area contributed by atoms with E-state index in [1.807, 2.05) is 12.1 Å². The smallest absolute Gasteiger partial charge is 0.160 e. The molecule has 124 valence electrons. The summed E-state index contributed by atoms with van der Waals surface area (Å²) in [5, 5.41) is 4.25. The van der Waals surface area contributed by atoms with E-state index >= 15 is 0 Å². The predicted molar refractivity (Wildman–Crippen MR) is 98.0 cm³/mol. The van der Waals surface area contributed by atoms with Crippen LogP contribution in [0, 0.1) is 0 Å². The molecule has 0 spiro atoms. The van der Waals surface area contributed by atoms with Crippen LogP contribution in [-0.2, 0) is 9.47 Å². The minimum atomic E-state index is -0.0643. The summed E-state index contributed by atoms with van der Waals surface area (Å²) in [6.45, 7) is 1.33. The second-order valence-corrected chi connectivity index (χ2v) is 7.86. The van der Waals surface area contributed by atoms with E-state index in [2.05, 4.69) is 35.2 Å². The van der Waals surface area contributed by atoms with Crippen molar-refractivity contribution in [3.05, 3.63) is 41.1 Å². The molecule has 6 heteroatoms. The van der Waals surface area contributed by atoms with Gasteiger partial charge in [-0.05, 0) is 42.0 Å². The zero-order chi connectivity index (χ0) is 15.9. The molecule has 3 nitrogen and oxygen atoms in total. The van der Waals surface area contributed by atoms with Crippen molar-refractivity contribution in [2.24, 2.45) is 0 Å². The summed E-state index contributed by atoms with van der Waals surface area (Å²) >= 11 is 5.24. The molecule has 0 saturated carbocycles. The molecule has 2 unspecified atom stereocenters. The highest BCUT2D eigenvalue weighted by Crippen LogP contribution is 2.25. The van der Waals surface area contributed by atoms with Gasteiger partial charge in [-0.2, -0.15) is 11.3 Å². The Bertz CT molecular complexity index is 567. The maximum atomic E-state index is 5.98. The van der Waals surface area contributed by atoms with E-state index in [0.717, 1.165) is 24.5 Å². The summed E-state index contributed by atoms with van der Waals surface area (Å²) in [6.07, 6.45) is 3.00. The van der Waals surface area contributed by atoms with Crippen LogP contribution in [0.5, 0.6) is 5.75 Å². The Morgan fingerprint density at radius 2 is 2.09 bits per heavy atom. The Balaban J connectivity index is 1.51. The second kappa shape index (κ2) is 8.99. The first kappa shape index (κ1) is 17.2. The summed E-state index contributed by atoms with van der Waals surface area (Å²) in [5.41, 5.74) is 0. The quantitative estimate of drug-likeness (QED) is 0.594. The molecular formula is C17H20O3S3. The van der Waals surface area contributed by atoms with Crippen LogP contribution < -0.4 is 4.74 Å². The summed E-state index contributed by atoms with van der Waals surface area (Å²) in [5.74, 6) is 1.74. The van der Waals surface area contributed by atoms with Crippen LogP contribution in [0.3, 0.4) is 0 Å². The van der Waals surface area contributed by atoms with Gasteiger partial charge in [0.05, 0.1) is 6.61 Å². The molecule has 0 radical (unpaired) electrons. The summed E-state index contributed by atoms with van der Waals surface area (Å²) < 4.78 is 17.3. The number of benzene rings is 1. The Labute approximate surface area is 149 Å². The van der Waals surface area contributed by atoms with Gasteiger partial charge in [0.25, 0.3) is 0 Å². The summed E-state index contributed by atoms with van der Waals surface area (Å²) in [6, 6.07) is 10.3. The lowest BCUT2D eigenvalue weighted by Crippen LogP contribution is -2.37. The van der Waals surface area contributed by atoms with Crippen molar-refractivity contribution in [1.29, 1.82) is 0 Å². The van der Waals surface area contributed by atoms with Gasteiger partial charge < -0.3 is 14.2 Å². The Morgan fingerprint density at radius 1 is 1.26 bits per heavy atom. The molecule has 3 rings (SSSR count). The van der Waals surface area contributed by atoms with Crippen molar-refractivity contribution in [2.45, 2.75) is 28.6 Å². The maximum Gasteiger partial charge on any atom is 0.160 e. The predicted octanol–water partition coefficient (Wildman–Crippen LogP) is 4.77. The zero-order valence-electron chi connectivity index (χ0n) is 13.0. The molecule has 1 saturated heterocycles. The zero-order valence-corrected chi connectivity index (χ0v) is 15.4. The average Bonchev–Trinajstić information content (AvgIpc) is 3.06. The van der Waals surface area contributed by atoms with E-state index in [1.165, 1.54) is 9.79 Å². The SMILES string of the molecule is CSc1ccc(OCC(CSc2ccsc2)OC2CCO2)cc1. The van der Waals surface area contributed by atoms with Crippen LogP contribution in [0.2, 0.25) is 0 Å². The van der Waals surface area contributed by atoms with Gasteiger partial charge >= 0.3 is 0 Å². The summed E-state index contributed by atoms with van der Waals surface area (Å²) in [4.78, 5) is 2.52. The molecule has 23 heavy (non-hydrogen) atoms. The van der Waals surface area contributed by atoms with Crippen molar-refractivity contribution in [1.82, 2.24) is 0 Å². The van der Waals surface area contributed by atoms with Crippen LogP contribution in [0.1, 0.15) is 6.42 Å². The highest BCUT2D eigenvalue weighted by Gasteiger charge is 2.24. The van der Waals surface area contributed by atoms with Gasteiger partial charge in [0.15, 0.2) is 6.29 Å². The average molecular weight is 369 g/mol. The lowest BCUT2D eigenvalue weighted by molar-refractivity contribution is -0.235. The first-order chi connectivity index (χ1) is 11.3. The summed E-state index contributed by atoms with van der Waals surface area (Å²) in [7, 11) is 0. The largest absolute Gasteiger partial charge is 0.491 e. The van der Waals surface area contributed by atoms with Gasteiger partial charge in [-0.15, -0.1) is 23.5 Å². The fourth-order valence-corrected chi connectivity index (χ4v) is 4.21. The van der Waals surface area contributed by atoms with Crippen molar-refractivity contribution in [2.75, 3.05) is 25.2 Å². The Hall–Kier alpha value is -0.660.